The molecular formula is C12H13F6N. The van der Waals surface area contributed by atoms with Gasteiger partial charge in [-0.15, -0.1) is 0 Å². The van der Waals surface area contributed by atoms with Gasteiger partial charge in [0.1, 0.15) is 0 Å². The smallest absolute Gasteiger partial charge is 0.324 e. The van der Waals surface area contributed by atoms with E-state index < -0.39 is 29.5 Å². The van der Waals surface area contributed by atoms with Gasteiger partial charge in [0.05, 0.1) is 11.1 Å². The summed E-state index contributed by atoms with van der Waals surface area (Å²) in [4.78, 5) is 0. The molecule has 1 aromatic carbocycles. The number of alkyl halides is 6. The van der Waals surface area contributed by atoms with Crippen molar-refractivity contribution in [1.29, 1.82) is 0 Å². The SMILES string of the molecule is CCC[C@@H](N)c1cc(C(F)(F)F)cc(C(F)(F)F)c1. The van der Waals surface area contributed by atoms with Crippen molar-refractivity contribution in [3.8, 4) is 0 Å². The van der Waals surface area contributed by atoms with E-state index in [9.17, 15) is 26.3 Å². The summed E-state index contributed by atoms with van der Waals surface area (Å²) in [6.07, 6.45) is -8.78. The van der Waals surface area contributed by atoms with Crippen LogP contribution in [0, 0.1) is 0 Å². The molecule has 0 unspecified atom stereocenters. The maximum Gasteiger partial charge on any atom is 0.416 e. The molecule has 0 saturated heterocycles. The van der Waals surface area contributed by atoms with E-state index in [-0.39, 0.29) is 11.6 Å². The molecule has 0 aliphatic carbocycles. The van der Waals surface area contributed by atoms with Crippen molar-refractivity contribution < 1.29 is 26.3 Å². The first kappa shape index (κ1) is 15.8. The van der Waals surface area contributed by atoms with Crippen molar-refractivity contribution >= 4 is 0 Å². The molecule has 1 atom stereocenters. The van der Waals surface area contributed by atoms with Gasteiger partial charge in [-0.3, -0.25) is 0 Å². The van der Waals surface area contributed by atoms with Crippen LogP contribution < -0.4 is 5.73 Å². The first-order valence-corrected chi connectivity index (χ1v) is 5.60. The normalized spacial score (nSPS) is 14.5. The van der Waals surface area contributed by atoms with Crippen molar-refractivity contribution in [2.24, 2.45) is 5.73 Å². The minimum Gasteiger partial charge on any atom is -0.324 e. The third kappa shape index (κ3) is 4.12. The fourth-order valence-electron chi connectivity index (χ4n) is 1.67. The Bertz CT molecular complexity index is 403. The van der Waals surface area contributed by atoms with Crippen LogP contribution in [0.15, 0.2) is 18.2 Å². The quantitative estimate of drug-likeness (QED) is 0.812. The van der Waals surface area contributed by atoms with Crippen LogP contribution in [0.5, 0.6) is 0 Å². The lowest BCUT2D eigenvalue weighted by molar-refractivity contribution is -0.143. The Morgan fingerprint density at radius 2 is 1.37 bits per heavy atom. The number of benzene rings is 1. The molecule has 0 aliphatic heterocycles. The topological polar surface area (TPSA) is 26.0 Å². The highest BCUT2D eigenvalue weighted by Gasteiger charge is 2.37. The number of hydrogen-bond acceptors (Lipinski definition) is 1. The summed E-state index contributed by atoms with van der Waals surface area (Å²) in [7, 11) is 0. The van der Waals surface area contributed by atoms with E-state index >= 15 is 0 Å². The van der Waals surface area contributed by atoms with Crippen LogP contribution >= 0.6 is 0 Å². The predicted molar refractivity (Wildman–Crippen MR) is 58.3 cm³/mol. The molecule has 2 N–H and O–H groups in total. The summed E-state index contributed by atoms with van der Waals surface area (Å²) >= 11 is 0. The molecular weight excluding hydrogens is 272 g/mol. The molecule has 0 bridgehead atoms. The van der Waals surface area contributed by atoms with Gasteiger partial charge in [-0.05, 0) is 30.2 Å². The van der Waals surface area contributed by atoms with Crippen LogP contribution in [0.1, 0.15) is 42.5 Å². The second kappa shape index (κ2) is 5.40. The molecule has 1 rings (SSSR count). The van der Waals surface area contributed by atoms with E-state index in [1.54, 1.807) is 6.92 Å². The van der Waals surface area contributed by atoms with E-state index in [1.165, 1.54) is 0 Å². The lowest BCUT2D eigenvalue weighted by atomic mass is 9.97. The van der Waals surface area contributed by atoms with Gasteiger partial charge in [0, 0.05) is 6.04 Å². The Morgan fingerprint density at radius 1 is 0.947 bits per heavy atom. The molecule has 0 saturated carbocycles. The van der Waals surface area contributed by atoms with Crippen LogP contribution in [0.2, 0.25) is 0 Å². The summed E-state index contributed by atoms with van der Waals surface area (Å²) < 4.78 is 75.5. The lowest BCUT2D eigenvalue weighted by Crippen LogP contribution is -2.16. The van der Waals surface area contributed by atoms with Crippen LogP contribution in [0.4, 0.5) is 26.3 Å². The number of hydrogen-bond donors (Lipinski definition) is 1. The minimum absolute atomic E-state index is 0.0994. The Balaban J connectivity index is 3.33. The zero-order chi connectivity index (χ0) is 14.8. The number of halogens is 6. The highest BCUT2D eigenvalue weighted by atomic mass is 19.4. The molecule has 0 spiro atoms. The van der Waals surface area contributed by atoms with Crippen molar-refractivity contribution in [2.75, 3.05) is 0 Å². The summed E-state index contributed by atoms with van der Waals surface area (Å²) in [6.45, 7) is 1.75. The zero-order valence-corrected chi connectivity index (χ0v) is 10.1. The predicted octanol–water partition coefficient (Wildman–Crippen LogP) is 4.52. The maximum atomic E-state index is 12.6. The fourth-order valence-corrected chi connectivity index (χ4v) is 1.67. The molecule has 7 heteroatoms. The average Bonchev–Trinajstić information content (AvgIpc) is 2.26. The molecule has 108 valence electrons. The molecule has 1 nitrogen and oxygen atoms in total. The molecule has 0 fully saturated rings. The van der Waals surface area contributed by atoms with Gasteiger partial charge in [-0.25, -0.2) is 0 Å². The number of nitrogens with two attached hydrogens (primary N) is 1. The number of rotatable bonds is 3. The van der Waals surface area contributed by atoms with Gasteiger partial charge in [-0.2, -0.15) is 26.3 Å². The van der Waals surface area contributed by atoms with Crippen molar-refractivity contribution in [3.63, 3.8) is 0 Å². The summed E-state index contributed by atoms with van der Waals surface area (Å²) in [5.41, 5.74) is 2.79. The van der Waals surface area contributed by atoms with E-state index in [4.69, 9.17) is 5.73 Å². The lowest BCUT2D eigenvalue weighted by Gasteiger charge is -2.17. The fraction of sp³-hybridized carbons (Fsp3) is 0.500. The Labute approximate surface area is 106 Å². The average molecular weight is 285 g/mol. The summed E-state index contributed by atoms with van der Waals surface area (Å²) in [6, 6.07) is 0.612. The molecule has 0 aliphatic rings. The van der Waals surface area contributed by atoms with Gasteiger partial charge in [0.25, 0.3) is 0 Å². The standard InChI is InChI=1S/C12H13F6N/c1-2-3-10(19)7-4-8(11(13,14)15)6-9(5-7)12(16,17)18/h4-6,10H,2-3,19H2,1H3/t10-/m1/s1. The molecule has 19 heavy (non-hydrogen) atoms. The van der Waals surface area contributed by atoms with Crippen molar-refractivity contribution in [1.82, 2.24) is 0 Å². The van der Waals surface area contributed by atoms with Gasteiger partial charge in [0.2, 0.25) is 0 Å². The van der Waals surface area contributed by atoms with Crippen LogP contribution in [0.25, 0.3) is 0 Å². The van der Waals surface area contributed by atoms with Crippen LogP contribution in [-0.4, -0.2) is 0 Å². The van der Waals surface area contributed by atoms with E-state index in [0.29, 0.717) is 25.0 Å². The molecule has 0 heterocycles. The molecule has 0 amide bonds. The van der Waals surface area contributed by atoms with Crippen LogP contribution in [-0.2, 0) is 12.4 Å². The maximum absolute atomic E-state index is 12.6. The van der Waals surface area contributed by atoms with Crippen molar-refractivity contribution in [3.05, 3.63) is 34.9 Å². The van der Waals surface area contributed by atoms with Crippen molar-refractivity contribution in [2.45, 2.75) is 38.2 Å². The molecule has 1 aromatic rings. The minimum atomic E-state index is -4.83. The molecule has 0 aromatic heterocycles. The third-order valence-corrected chi connectivity index (χ3v) is 2.64. The molecule has 0 radical (unpaired) electrons. The second-order valence-electron chi connectivity index (χ2n) is 4.23. The van der Waals surface area contributed by atoms with Gasteiger partial charge >= 0.3 is 12.4 Å². The highest BCUT2D eigenvalue weighted by Crippen LogP contribution is 2.37. The summed E-state index contributed by atoms with van der Waals surface area (Å²) in [5, 5.41) is 0. The Kier molecular flexibility index (Phi) is 4.50. The summed E-state index contributed by atoms with van der Waals surface area (Å²) in [5.74, 6) is 0. The van der Waals surface area contributed by atoms with Gasteiger partial charge in [0.15, 0.2) is 0 Å². The Morgan fingerprint density at radius 3 is 1.68 bits per heavy atom. The Hall–Kier alpha value is -1.24. The van der Waals surface area contributed by atoms with E-state index in [0.717, 1.165) is 0 Å². The second-order valence-corrected chi connectivity index (χ2v) is 4.23. The third-order valence-electron chi connectivity index (χ3n) is 2.64. The van der Waals surface area contributed by atoms with Gasteiger partial charge < -0.3 is 5.73 Å². The zero-order valence-electron chi connectivity index (χ0n) is 10.1. The highest BCUT2D eigenvalue weighted by molar-refractivity contribution is 5.35. The first-order chi connectivity index (χ1) is 8.55. The largest absolute Gasteiger partial charge is 0.416 e. The van der Waals surface area contributed by atoms with Crippen LogP contribution in [0.3, 0.4) is 0 Å². The van der Waals surface area contributed by atoms with E-state index in [1.807, 2.05) is 0 Å². The van der Waals surface area contributed by atoms with E-state index in [2.05, 4.69) is 0 Å². The first-order valence-electron chi connectivity index (χ1n) is 5.60. The van der Waals surface area contributed by atoms with Gasteiger partial charge in [-0.1, -0.05) is 13.3 Å². The monoisotopic (exact) mass is 285 g/mol.